The largest absolute Gasteiger partial charge is 0.335 e. The summed E-state index contributed by atoms with van der Waals surface area (Å²) >= 11 is 6.46. The van der Waals surface area contributed by atoms with Crippen LogP contribution in [0.2, 0.25) is 0 Å². The Labute approximate surface area is 153 Å². The minimum atomic E-state index is -1.10. The van der Waals surface area contributed by atoms with Crippen molar-refractivity contribution in [2.75, 3.05) is 25.7 Å². The number of hydrogen-bond acceptors (Lipinski definition) is 2. The average Bonchev–Trinajstić information content (AvgIpc) is 3.10. The summed E-state index contributed by atoms with van der Waals surface area (Å²) in [6, 6.07) is 22.4. The summed E-state index contributed by atoms with van der Waals surface area (Å²) in [6.07, 6.45) is 4.85. The third-order valence-electron chi connectivity index (χ3n) is 4.75. The lowest BCUT2D eigenvalue weighted by molar-refractivity contribution is 0.374. The molecule has 1 heterocycles. The summed E-state index contributed by atoms with van der Waals surface area (Å²) in [5.74, 6) is 1.13. The van der Waals surface area contributed by atoms with Crippen LogP contribution in [-0.2, 0) is 4.52 Å². The van der Waals surface area contributed by atoms with Gasteiger partial charge >= 0.3 is 0 Å². The molecule has 2 aromatic rings. The lowest BCUT2D eigenvalue weighted by atomic mass is 10.3. The molecule has 3 rings (SSSR count). The van der Waals surface area contributed by atoms with Crippen LogP contribution in [0.4, 0.5) is 0 Å². The lowest BCUT2D eigenvalue weighted by Crippen LogP contribution is -2.29. The second-order valence-corrected chi connectivity index (χ2v) is 11.9. The van der Waals surface area contributed by atoms with Gasteiger partial charge in [0.2, 0.25) is 7.65 Å². The summed E-state index contributed by atoms with van der Waals surface area (Å²) in [4.78, 5) is 2.89. The van der Waals surface area contributed by atoms with Crippen molar-refractivity contribution in [2.24, 2.45) is 0 Å². The van der Waals surface area contributed by atoms with Crippen LogP contribution in [0.15, 0.2) is 70.5 Å². The van der Waals surface area contributed by atoms with Crippen LogP contribution in [0, 0.1) is 0 Å². The Bertz CT molecular complexity index is 603. The van der Waals surface area contributed by atoms with E-state index in [4.69, 9.17) is 15.8 Å². The summed E-state index contributed by atoms with van der Waals surface area (Å²) < 4.78 is 7.84. The summed E-state index contributed by atoms with van der Waals surface area (Å²) in [7, 11) is -0.374. The molecule has 0 spiro atoms. The molecule has 24 heavy (non-hydrogen) atoms. The molecule has 0 bridgehead atoms. The predicted molar refractivity (Wildman–Crippen MR) is 107 cm³/mol. The van der Waals surface area contributed by atoms with E-state index in [0.29, 0.717) is 6.04 Å². The van der Waals surface area contributed by atoms with E-state index < -0.39 is 17.7 Å². The number of nitrogens with zero attached hydrogens (tertiary/aromatic N) is 1. The van der Waals surface area contributed by atoms with Crippen molar-refractivity contribution in [3.8, 4) is 0 Å². The van der Waals surface area contributed by atoms with Crippen molar-refractivity contribution in [1.82, 2.24) is 4.67 Å². The molecule has 1 aliphatic rings. The summed E-state index contributed by atoms with van der Waals surface area (Å²) in [5.41, 5.74) is 0. The Hall–Kier alpha value is -0.570. The van der Waals surface area contributed by atoms with Gasteiger partial charge in [0.1, 0.15) is 0 Å². The third kappa shape index (κ3) is 3.81. The van der Waals surface area contributed by atoms with Crippen molar-refractivity contribution in [1.29, 1.82) is 0 Å². The molecular weight excluding hydrogens is 357 g/mol. The molecule has 1 fully saturated rings. The van der Waals surface area contributed by atoms with E-state index in [0.717, 1.165) is 12.3 Å². The van der Waals surface area contributed by atoms with Gasteiger partial charge in [-0.3, -0.25) is 0 Å². The molecule has 0 N–H and O–H groups in total. The first kappa shape index (κ1) is 18.2. The molecule has 0 aliphatic carbocycles. The van der Waals surface area contributed by atoms with Crippen LogP contribution >= 0.6 is 28.9 Å². The Morgan fingerprint density at radius 1 is 1.08 bits per heavy atom. The molecule has 1 aliphatic heterocycles. The zero-order chi connectivity index (χ0) is 17.0. The Morgan fingerprint density at radius 3 is 2.12 bits per heavy atom. The fourth-order valence-electron chi connectivity index (χ4n) is 3.46. The first-order valence-electron chi connectivity index (χ1n) is 8.28. The molecule has 0 aromatic heterocycles. The Kier molecular flexibility index (Phi) is 6.23. The van der Waals surface area contributed by atoms with E-state index in [1.807, 2.05) is 0 Å². The van der Waals surface area contributed by atoms with Gasteiger partial charge in [0, 0.05) is 25.4 Å². The number of rotatable bonds is 6. The zero-order valence-electron chi connectivity index (χ0n) is 14.3. The minimum absolute atomic E-state index is 0.494. The second kappa shape index (κ2) is 8.21. The smallest absolute Gasteiger partial charge is 0.206 e. The molecule has 5 heteroatoms. The van der Waals surface area contributed by atoms with Crippen LogP contribution in [0.3, 0.4) is 0 Å². The average molecular weight is 382 g/mol. The highest BCUT2D eigenvalue weighted by Crippen LogP contribution is 2.62. The Morgan fingerprint density at radius 2 is 1.62 bits per heavy atom. The second-order valence-electron chi connectivity index (χ2n) is 6.25. The SMILES string of the molecule is COP(Cl)N1CCC[C@H]1CS(C)(c1ccccc1)c1ccccc1. The van der Waals surface area contributed by atoms with Gasteiger partial charge in [-0.15, -0.1) is 0 Å². The van der Waals surface area contributed by atoms with E-state index in [1.165, 1.54) is 22.6 Å². The van der Waals surface area contributed by atoms with E-state index in [2.05, 4.69) is 71.6 Å². The van der Waals surface area contributed by atoms with E-state index >= 15 is 0 Å². The normalized spacial score (nSPS) is 20.9. The first-order valence-corrected chi connectivity index (χ1v) is 12.6. The van der Waals surface area contributed by atoms with E-state index in [1.54, 1.807) is 7.11 Å². The molecule has 2 nitrogen and oxygen atoms in total. The van der Waals surface area contributed by atoms with Gasteiger partial charge in [-0.2, -0.15) is 10.0 Å². The minimum Gasteiger partial charge on any atom is -0.335 e. The number of hydrogen-bond donors (Lipinski definition) is 0. The maximum Gasteiger partial charge on any atom is 0.206 e. The molecular formula is C19H25ClNOPS. The van der Waals surface area contributed by atoms with Crippen LogP contribution < -0.4 is 0 Å². The van der Waals surface area contributed by atoms with Gasteiger partial charge in [-0.05, 0) is 64.4 Å². The summed E-state index contributed by atoms with van der Waals surface area (Å²) in [6.45, 7) is 1.05. The molecule has 1 unspecified atom stereocenters. The van der Waals surface area contributed by atoms with Crippen molar-refractivity contribution in [3.63, 3.8) is 0 Å². The molecule has 2 atom stereocenters. The highest BCUT2D eigenvalue weighted by Gasteiger charge is 2.36. The topological polar surface area (TPSA) is 12.5 Å². The maximum atomic E-state index is 6.46. The standard InChI is InChI=1S/C19H25ClNOPS/c1-22-23(20)21-15-9-10-17(21)16-24(2,18-11-5-3-6-12-18)19-13-7-4-8-14-19/h3-8,11-14,17H,9-10,15-16H2,1-2H3/t17-,23?/m0/s1. The molecule has 1 saturated heterocycles. The highest BCUT2D eigenvalue weighted by atomic mass is 35.7. The monoisotopic (exact) mass is 381 g/mol. The van der Waals surface area contributed by atoms with Crippen LogP contribution in [0.25, 0.3) is 0 Å². The number of halogens is 1. The molecule has 0 saturated carbocycles. The zero-order valence-corrected chi connectivity index (χ0v) is 16.7. The maximum absolute atomic E-state index is 6.46. The van der Waals surface area contributed by atoms with E-state index in [9.17, 15) is 0 Å². The van der Waals surface area contributed by atoms with Crippen LogP contribution in [-0.4, -0.2) is 36.4 Å². The van der Waals surface area contributed by atoms with E-state index in [-0.39, 0.29) is 0 Å². The fourth-order valence-corrected chi connectivity index (χ4v) is 8.42. The third-order valence-corrected chi connectivity index (χ3v) is 10.7. The number of benzene rings is 2. The van der Waals surface area contributed by atoms with Crippen LogP contribution in [0.5, 0.6) is 0 Å². The van der Waals surface area contributed by atoms with Crippen molar-refractivity contribution in [2.45, 2.75) is 28.7 Å². The van der Waals surface area contributed by atoms with Crippen LogP contribution in [0.1, 0.15) is 12.8 Å². The first-order chi connectivity index (χ1) is 11.6. The molecule has 0 amide bonds. The fraction of sp³-hybridized carbons (Fsp3) is 0.368. The molecule has 130 valence electrons. The summed E-state index contributed by atoms with van der Waals surface area (Å²) in [5, 5.41) is 0. The van der Waals surface area contributed by atoms with Gasteiger partial charge in [-0.25, -0.2) is 4.67 Å². The van der Waals surface area contributed by atoms with Gasteiger partial charge < -0.3 is 4.52 Å². The molecule has 0 radical (unpaired) electrons. The highest BCUT2D eigenvalue weighted by molar-refractivity contribution is 8.33. The molecule has 2 aromatic carbocycles. The van der Waals surface area contributed by atoms with Gasteiger partial charge in [0.25, 0.3) is 0 Å². The quantitative estimate of drug-likeness (QED) is 0.559. The predicted octanol–water partition coefficient (Wildman–Crippen LogP) is 6.12. The van der Waals surface area contributed by atoms with Gasteiger partial charge in [0.15, 0.2) is 0 Å². The Balaban J connectivity index is 1.94. The van der Waals surface area contributed by atoms with Gasteiger partial charge in [0.05, 0.1) is 0 Å². The van der Waals surface area contributed by atoms with Crippen molar-refractivity contribution in [3.05, 3.63) is 60.7 Å². The van der Waals surface area contributed by atoms with Gasteiger partial charge in [-0.1, -0.05) is 36.4 Å². The lowest BCUT2D eigenvalue weighted by Gasteiger charge is -2.41. The van der Waals surface area contributed by atoms with Crippen molar-refractivity contribution >= 4 is 28.9 Å². The van der Waals surface area contributed by atoms with Crippen molar-refractivity contribution < 1.29 is 4.52 Å².